The maximum atomic E-state index is 12.8. The van der Waals surface area contributed by atoms with Gasteiger partial charge in [0.15, 0.2) is 0 Å². The lowest BCUT2D eigenvalue weighted by molar-refractivity contribution is -0.192. The minimum absolute atomic E-state index is 0.122. The zero-order chi connectivity index (χ0) is 29.5. The molecule has 2 fully saturated rings. The van der Waals surface area contributed by atoms with Crippen LogP contribution < -0.4 is 4.74 Å². The Hall–Kier alpha value is -3.63. The molecule has 2 aromatic carbocycles. The Morgan fingerprint density at radius 1 is 0.927 bits per heavy atom. The molecule has 41 heavy (non-hydrogen) atoms. The maximum Gasteiger partial charge on any atom is 0.490 e. The summed E-state index contributed by atoms with van der Waals surface area (Å²) in [4.78, 5) is 30.5. The van der Waals surface area contributed by atoms with Gasteiger partial charge >= 0.3 is 12.1 Å². The van der Waals surface area contributed by atoms with Gasteiger partial charge in [-0.05, 0) is 92.2 Å². The molecule has 0 aliphatic carbocycles. The standard InChI is InChI=1S/C28H30ClN3O2.C2HF3O2/c29-24-9-7-23(8-10-24)27(33)32-18-13-28(14-19-32)11-16-31(17-12-28)21-22-4-3-5-25(20-22)34-26-6-1-2-15-30-26;3-2(4,5)1(6)7/h1-10,15,20H,11-14,16-19,21H2;(H,6,7). The molecule has 7 nitrogen and oxygen atoms in total. The number of ether oxygens (including phenoxy) is 1. The number of amides is 1. The van der Waals surface area contributed by atoms with Crippen molar-refractivity contribution in [3.05, 3.63) is 89.1 Å². The largest absolute Gasteiger partial charge is 0.490 e. The number of hydrogen-bond acceptors (Lipinski definition) is 5. The van der Waals surface area contributed by atoms with Gasteiger partial charge in [0, 0.05) is 42.5 Å². The van der Waals surface area contributed by atoms with Gasteiger partial charge in [0.1, 0.15) is 5.75 Å². The number of halogens is 4. The highest BCUT2D eigenvalue weighted by molar-refractivity contribution is 6.30. The summed E-state index contributed by atoms with van der Waals surface area (Å²) in [6, 6.07) is 21.2. The third-order valence-electron chi connectivity index (χ3n) is 7.53. The number of hydrogen-bond donors (Lipinski definition) is 1. The van der Waals surface area contributed by atoms with Crippen LogP contribution in [0.15, 0.2) is 72.9 Å². The number of carbonyl (C=O) groups excluding carboxylic acids is 1. The van der Waals surface area contributed by atoms with Crippen molar-refractivity contribution >= 4 is 23.5 Å². The third-order valence-corrected chi connectivity index (χ3v) is 7.78. The molecule has 2 aliphatic rings. The highest BCUT2D eigenvalue weighted by Crippen LogP contribution is 2.41. The van der Waals surface area contributed by atoms with Gasteiger partial charge in [-0.1, -0.05) is 29.8 Å². The summed E-state index contributed by atoms with van der Waals surface area (Å²) < 4.78 is 37.6. The quantitative estimate of drug-likeness (QED) is 0.357. The molecule has 1 spiro atoms. The minimum atomic E-state index is -5.08. The van der Waals surface area contributed by atoms with Crippen LogP contribution in [0.2, 0.25) is 5.02 Å². The fourth-order valence-corrected chi connectivity index (χ4v) is 5.26. The van der Waals surface area contributed by atoms with Gasteiger partial charge in [0.05, 0.1) is 0 Å². The number of carboxylic acid groups (broad SMARTS) is 1. The fraction of sp³-hybridized carbons (Fsp3) is 0.367. The number of rotatable bonds is 5. The van der Waals surface area contributed by atoms with Gasteiger partial charge in [-0.3, -0.25) is 9.69 Å². The number of nitrogens with zero attached hydrogens (tertiary/aromatic N) is 3. The summed E-state index contributed by atoms with van der Waals surface area (Å²) in [5.41, 5.74) is 2.36. The van der Waals surface area contributed by atoms with E-state index in [0.29, 0.717) is 16.3 Å². The first kappa shape index (κ1) is 30.3. The molecule has 1 amide bonds. The van der Waals surface area contributed by atoms with E-state index in [2.05, 4.69) is 22.0 Å². The molecule has 1 aromatic heterocycles. The topological polar surface area (TPSA) is 83.0 Å². The molecule has 3 aromatic rings. The van der Waals surface area contributed by atoms with E-state index in [4.69, 9.17) is 26.2 Å². The molecule has 0 radical (unpaired) electrons. The molecule has 0 bridgehead atoms. The predicted octanol–water partition coefficient (Wildman–Crippen LogP) is 6.68. The molecule has 0 atom stereocenters. The van der Waals surface area contributed by atoms with Crippen LogP contribution in [-0.4, -0.2) is 64.1 Å². The first-order valence-electron chi connectivity index (χ1n) is 13.3. The molecular formula is C30H31ClF3N3O4. The Kier molecular flexibility index (Phi) is 9.88. The first-order valence-corrected chi connectivity index (χ1v) is 13.7. The van der Waals surface area contributed by atoms with Crippen LogP contribution >= 0.6 is 11.6 Å². The van der Waals surface area contributed by atoms with Gasteiger partial charge in [-0.25, -0.2) is 9.78 Å². The van der Waals surface area contributed by atoms with E-state index in [0.717, 1.165) is 56.9 Å². The zero-order valence-electron chi connectivity index (χ0n) is 22.3. The number of alkyl halides is 3. The van der Waals surface area contributed by atoms with Crippen molar-refractivity contribution in [2.24, 2.45) is 5.41 Å². The number of benzene rings is 2. The molecule has 1 N–H and O–H groups in total. The van der Waals surface area contributed by atoms with E-state index in [1.165, 1.54) is 18.4 Å². The van der Waals surface area contributed by atoms with Crippen molar-refractivity contribution in [1.29, 1.82) is 0 Å². The second-order valence-electron chi connectivity index (χ2n) is 10.3. The molecule has 2 saturated heterocycles. The van der Waals surface area contributed by atoms with E-state index in [1.807, 2.05) is 47.4 Å². The number of aliphatic carboxylic acids is 1. The van der Waals surface area contributed by atoms with Crippen molar-refractivity contribution < 1.29 is 32.6 Å². The normalized spacial score (nSPS) is 16.9. The summed E-state index contributed by atoms with van der Waals surface area (Å²) in [6.45, 7) is 4.80. The number of likely N-dealkylation sites (tertiary alicyclic amines) is 2. The summed E-state index contributed by atoms with van der Waals surface area (Å²) in [7, 11) is 0. The van der Waals surface area contributed by atoms with Crippen LogP contribution in [-0.2, 0) is 11.3 Å². The Bertz CT molecular complexity index is 1300. The van der Waals surface area contributed by atoms with Gasteiger partial charge in [-0.2, -0.15) is 13.2 Å². The lowest BCUT2D eigenvalue weighted by atomic mass is 9.71. The second kappa shape index (κ2) is 13.4. The highest BCUT2D eigenvalue weighted by atomic mass is 35.5. The Balaban J connectivity index is 0.000000493. The van der Waals surface area contributed by atoms with E-state index < -0.39 is 12.1 Å². The molecule has 11 heteroatoms. The van der Waals surface area contributed by atoms with Gasteiger partial charge in [0.25, 0.3) is 5.91 Å². The monoisotopic (exact) mass is 589 g/mol. The summed E-state index contributed by atoms with van der Waals surface area (Å²) in [5, 5.41) is 7.79. The van der Waals surface area contributed by atoms with E-state index >= 15 is 0 Å². The van der Waals surface area contributed by atoms with Crippen LogP contribution in [0.25, 0.3) is 0 Å². The molecule has 2 aliphatic heterocycles. The lowest BCUT2D eigenvalue weighted by Gasteiger charge is -2.47. The van der Waals surface area contributed by atoms with Crippen LogP contribution in [0.5, 0.6) is 11.6 Å². The van der Waals surface area contributed by atoms with Gasteiger partial charge in [0.2, 0.25) is 5.88 Å². The number of carbonyl (C=O) groups is 2. The maximum absolute atomic E-state index is 12.8. The summed E-state index contributed by atoms with van der Waals surface area (Å²) >= 11 is 5.97. The minimum Gasteiger partial charge on any atom is -0.475 e. The number of aromatic nitrogens is 1. The van der Waals surface area contributed by atoms with Crippen molar-refractivity contribution in [1.82, 2.24) is 14.8 Å². The number of pyridine rings is 1. The first-order chi connectivity index (χ1) is 19.5. The zero-order valence-corrected chi connectivity index (χ0v) is 23.1. The van der Waals surface area contributed by atoms with E-state index in [-0.39, 0.29) is 5.91 Å². The van der Waals surface area contributed by atoms with Crippen molar-refractivity contribution in [3.63, 3.8) is 0 Å². The second-order valence-corrected chi connectivity index (χ2v) is 10.7. The molecular weight excluding hydrogens is 559 g/mol. The molecule has 218 valence electrons. The van der Waals surface area contributed by atoms with Crippen molar-refractivity contribution in [2.75, 3.05) is 26.2 Å². The van der Waals surface area contributed by atoms with Gasteiger partial charge in [-0.15, -0.1) is 0 Å². The smallest absolute Gasteiger partial charge is 0.475 e. The fourth-order valence-electron chi connectivity index (χ4n) is 5.14. The van der Waals surface area contributed by atoms with Gasteiger partial charge < -0.3 is 14.7 Å². The number of carboxylic acids is 1. The molecule has 0 saturated carbocycles. The van der Waals surface area contributed by atoms with Crippen LogP contribution in [0.1, 0.15) is 41.6 Å². The highest BCUT2D eigenvalue weighted by Gasteiger charge is 2.39. The van der Waals surface area contributed by atoms with E-state index in [9.17, 15) is 18.0 Å². The SMILES string of the molecule is O=C(O)C(F)(F)F.O=C(c1ccc(Cl)cc1)N1CCC2(CCN(Cc3cccc(Oc4ccccn4)c3)CC2)CC1. The molecule has 5 rings (SSSR count). The molecule has 3 heterocycles. The summed E-state index contributed by atoms with van der Waals surface area (Å²) in [5.74, 6) is -1.20. The Morgan fingerprint density at radius 3 is 2.15 bits per heavy atom. The van der Waals surface area contributed by atoms with E-state index in [1.54, 1.807) is 18.3 Å². The van der Waals surface area contributed by atoms with Crippen LogP contribution in [0, 0.1) is 5.41 Å². The lowest BCUT2D eigenvalue weighted by Crippen LogP contribution is -2.48. The average molecular weight is 590 g/mol. The number of piperidine rings is 2. The van der Waals surface area contributed by atoms with Crippen molar-refractivity contribution in [3.8, 4) is 11.6 Å². The molecule has 0 unspecified atom stereocenters. The Morgan fingerprint density at radius 2 is 1.56 bits per heavy atom. The predicted molar refractivity (Wildman–Crippen MR) is 148 cm³/mol. The Labute approximate surface area is 241 Å². The van der Waals surface area contributed by atoms with Crippen molar-refractivity contribution in [2.45, 2.75) is 38.4 Å². The third kappa shape index (κ3) is 8.68. The van der Waals surface area contributed by atoms with Crippen LogP contribution in [0.3, 0.4) is 0 Å². The summed E-state index contributed by atoms with van der Waals surface area (Å²) in [6.07, 6.45) is 1.22. The van der Waals surface area contributed by atoms with Crippen LogP contribution in [0.4, 0.5) is 13.2 Å². The average Bonchev–Trinajstić information content (AvgIpc) is 2.96.